The molecule has 0 unspecified atom stereocenters. The van der Waals surface area contributed by atoms with Crippen LogP contribution in [0.5, 0.6) is 0 Å². The normalized spacial score (nSPS) is 13.2. The average molecular weight is 221 g/mol. The predicted octanol–water partition coefficient (Wildman–Crippen LogP) is 1.30. The number of aromatic amines is 2. The minimum atomic E-state index is -0.180. The lowest BCUT2D eigenvalue weighted by Crippen LogP contribution is -2.11. The van der Waals surface area contributed by atoms with Crippen molar-refractivity contribution >= 4 is 11.0 Å². The van der Waals surface area contributed by atoms with Gasteiger partial charge in [0.2, 0.25) is 5.56 Å². The topological polar surface area (TPSA) is 70.7 Å². The molecule has 0 saturated heterocycles. The molecule has 0 aliphatic carbocycles. The van der Waals surface area contributed by atoms with E-state index >= 15 is 0 Å². The van der Waals surface area contributed by atoms with Crippen molar-refractivity contribution in [1.82, 2.24) is 14.8 Å². The van der Waals surface area contributed by atoms with Crippen molar-refractivity contribution in [2.24, 2.45) is 0 Å². The fourth-order valence-electron chi connectivity index (χ4n) is 1.87. The first kappa shape index (κ1) is 10.7. The van der Waals surface area contributed by atoms with E-state index in [4.69, 9.17) is 0 Å². The van der Waals surface area contributed by atoms with E-state index in [1.165, 1.54) is 6.07 Å². The zero-order valence-corrected chi connectivity index (χ0v) is 9.63. The Bertz CT molecular complexity index is 633. The molecule has 0 saturated carbocycles. The monoisotopic (exact) mass is 221 g/mol. The van der Waals surface area contributed by atoms with Gasteiger partial charge < -0.3 is 4.98 Å². The summed E-state index contributed by atoms with van der Waals surface area (Å²) < 4.78 is 1.73. The lowest BCUT2D eigenvalue weighted by molar-refractivity contribution is 0.486. The molecule has 5 nitrogen and oxygen atoms in total. The largest absolute Gasteiger partial charge is 0.307 e. The van der Waals surface area contributed by atoms with E-state index in [2.05, 4.69) is 10.1 Å². The molecule has 2 aromatic heterocycles. The molecule has 86 valence electrons. The van der Waals surface area contributed by atoms with Crippen molar-refractivity contribution in [2.45, 2.75) is 33.2 Å². The molecule has 0 radical (unpaired) electrons. The van der Waals surface area contributed by atoms with Crippen LogP contribution in [-0.4, -0.2) is 14.8 Å². The van der Waals surface area contributed by atoms with E-state index < -0.39 is 0 Å². The van der Waals surface area contributed by atoms with Crippen LogP contribution in [-0.2, 0) is 0 Å². The third-order valence-corrected chi connectivity index (χ3v) is 2.94. The van der Waals surface area contributed by atoms with Gasteiger partial charge in [0.1, 0.15) is 5.65 Å². The molecule has 2 rings (SSSR count). The van der Waals surface area contributed by atoms with E-state index in [1.807, 2.05) is 13.8 Å². The maximum absolute atomic E-state index is 11.8. The third kappa shape index (κ3) is 1.48. The first-order valence-electron chi connectivity index (χ1n) is 5.38. The third-order valence-electron chi connectivity index (χ3n) is 2.94. The minimum absolute atomic E-state index is 0.149. The predicted molar refractivity (Wildman–Crippen MR) is 62.9 cm³/mol. The molecule has 1 atom stereocenters. The SMILES string of the molecule is CC[C@H](C)n1[nH]c(=O)c2c(C)cc(=O)[nH]c21. The molecule has 0 amide bonds. The van der Waals surface area contributed by atoms with Gasteiger partial charge in [0.15, 0.2) is 0 Å². The van der Waals surface area contributed by atoms with Gasteiger partial charge in [-0.1, -0.05) is 6.92 Å². The Morgan fingerprint density at radius 3 is 2.75 bits per heavy atom. The van der Waals surface area contributed by atoms with E-state index in [1.54, 1.807) is 11.6 Å². The number of pyridine rings is 1. The van der Waals surface area contributed by atoms with Gasteiger partial charge in [-0.05, 0) is 25.8 Å². The molecule has 0 bridgehead atoms. The number of fused-ring (bicyclic) bond motifs is 1. The molecule has 0 fully saturated rings. The molecular weight excluding hydrogens is 206 g/mol. The summed E-state index contributed by atoms with van der Waals surface area (Å²) in [6.07, 6.45) is 0.885. The second-order valence-electron chi connectivity index (χ2n) is 4.11. The molecule has 0 aromatic carbocycles. The van der Waals surface area contributed by atoms with Crippen LogP contribution in [0.3, 0.4) is 0 Å². The van der Waals surface area contributed by atoms with Gasteiger partial charge in [0.05, 0.1) is 5.39 Å². The minimum Gasteiger partial charge on any atom is -0.307 e. The van der Waals surface area contributed by atoms with Crippen LogP contribution in [0.2, 0.25) is 0 Å². The number of nitrogens with zero attached hydrogens (tertiary/aromatic N) is 1. The van der Waals surface area contributed by atoms with Crippen LogP contribution in [0, 0.1) is 6.92 Å². The van der Waals surface area contributed by atoms with Crippen LogP contribution in [0.1, 0.15) is 31.9 Å². The van der Waals surface area contributed by atoms with Gasteiger partial charge in [-0.25, -0.2) is 0 Å². The molecule has 2 aromatic rings. The second kappa shape index (κ2) is 3.66. The van der Waals surface area contributed by atoms with Gasteiger partial charge in [-0.2, -0.15) is 0 Å². The number of aryl methyl sites for hydroxylation is 1. The van der Waals surface area contributed by atoms with Crippen LogP contribution in [0.25, 0.3) is 11.0 Å². The summed E-state index contributed by atoms with van der Waals surface area (Å²) in [4.78, 5) is 25.9. The fourth-order valence-corrected chi connectivity index (χ4v) is 1.87. The van der Waals surface area contributed by atoms with E-state index in [0.717, 1.165) is 6.42 Å². The lowest BCUT2D eigenvalue weighted by atomic mass is 10.2. The summed E-state index contributed by atoms with van der Waals surface area (Å²) in [7, 11) is 0. The lowest BCUT2D eigenvalue weighted by Gasteiger charge is -2.11. The van der Waals surface area contributed by atoms with Crippen LogP contribution in [0.4, 0.5) is 0 Å². The highest BCUT2D eigenvalue weighted by Crippen LogP contribution is 2.15. The summed E-state index contributed by atoms with van der Waals surface area (Å²) in [5.41, 5.74) is 0.969. The van der Waals surface area contributed by atoms with Gasteiger partial charge in [-0.3, -0.25) is 19.4 Å². The number of rotatable bonds is 2. The van der Waals surface area contributed by atoms with Crippen molar-refractivity contribution in [3.8, 4) is 0 Å². The molecule has 0 aliphatic heterocycles. The number of aromatic nitrogens is 3. The number of nitrogens with one attached hydrogen (secondary N) is 2. The molecule has 0 aliphatic rings. The second-order valence-corrected chi connectivity index (χ2v) is 4.11. The Balaban J connectivity index is 2.89. The van der Waals surface area contributed by atoms with Crippen LogP contribution >= 0.6 is 0 Å². The quantitative estimate of drug-likeness (QED) is 0.802. The fraction of sp³-hybridized carbons (Fsp3) is 0.455. The van der Waals surface area contributed by atoms with E-state index in [-0.39, 0.29) is 17.2 Å². The Labute approximate surface area is 92.1 Å². The van der Waals surface area contributed by atoms with Crippen LogP contribution < -0.4 is 11.1 Å². The maximum Gasteiger partial charge on any atom is 0.273 e. The highest BCUT2D eigenvalue weighted by Gasteiger charge is 2.13. The first-order chi connectivity index (χ1) is 7.54. The van der Waals surface area contributed by atoms with Crippen molar-refractivity contribution in [2.75, 3.05) is 0 Å². The maximum atomic E-state index is 11.8. The molecular formula is C11H15N3O2. The molecule has 2 heterocycles. The van der Waals surface area contributed by atoms with E-state index in [9.17, 15) is 9.59 Å². The molecule has 16 heavy (non-hydrogen) atoms. The van der Waals surface area contributed by atoms with Crippen molar-refractivity contribution in [1.29, 1.82) is 0 Å². The summed E-state index contributed by atoms with van der Waals surface area (Å²) in [5, 5.41) is 3.33. The average Bonchev–Trinajstić information content (AvgIpc) is 2.54. The summed E-state index contributed by atoms with van der Waals surface area (Å²) in [5.74, 6) is 0. The summed E-state index contributed by atoms with van der Waals surface area (Å²) in [6, 6.07) is 1.60. The van der Waals surface area contributed by atoms with Crippen molar-refractivity contribution in [3.05, 3.63) is 32.3 Å². The van der Waals surface area contributed by atoms with Gasteiger partial charge in [0, 0.05) is 12.1 Å². The highest BCUT2D eigenvalue weighted by molar-refractivity contribution is 5.77. The Morgan fingerprint density at radius 2 is 2.12 bits per heavy atom. The molecule has 2 N–H and O–H groups in total. The first-order valence-corrected chi connectivity index (χ1v) is 5.38. The van der Waals surface area contributed by atoms with Crippen molar-refractivity contribution in [3.63, 3.8) is 0 Å². The van der Waals surface area contributed by atoms with E-state index in [0.29, 0.717) is 16.6 Å². The molecule has 5 heteroatoms. The number of hydrogen-bond acceptors (Lipinski definition) is 2. The highest BCUT2D eigenvalue weighted by atomic mass is 16.1. The smallest absolute Gasteiger partial charge is 0.273 e. The van der Waals surface area contributed by atoms with Crippen molar-refractivity contribution < 1.29 is 0 Å². The van der Waals surface area contributed by atoms with Gasteiger partial charge in [0.25, 0.3) is 5.56 Å². The number of hydrogen-bond donors (Lipinski definition) is 2. The summed E-state index contributed by atoms with van der Waals surface area (Å²) >= 11 is 0. The number of H-pyrrole nitrogens is 2. The van der Waals surface area contributed by atoms with Crippen LogP contribution in [0.15, 0.2) is 15.7 Å². The Hall–Kier alpha value is -1.78. The zero-order chi connectivity index (χ0) is 11.9. The van der Waals surface area contributed by atoms with Gasteiger partial charge in [-0.15, -0.1) is 0 Å². The standard InChI is InChI=1S/C11H15N3O2/c1-4-7(3)14-10-9(11(16)13-14)6(2)5-8(15)12-10/h5,7H,4H2,1-3H3,(H,12,15)(H,13,16)/t7-/m0/s1. The van der Waals surface area contributed by atoms with Gasteiger partial charge >= 0.3 is 0 Å². The molecule has 0 spiro atoms. The zero-order valence-electron chi connectivity index (χ0n) is 9.63. The Kier molecular flexibility index (Phi) is 2.46. The summed E-state index contributed by atoms with van der Waals surface area (Å²) in [6.45, 7) is 5.80. The Morgan fingerprint density at radius 1 is 1.44 bits per heavy atom.